The highest BCUT2D eigenvalue weighted by molar-refractivity contribution is 6.00. The van der Waals surface area contributed by atoms with E-state index in [1.54, 1.807) is 17.0 Å². The Bertz CT molecular complexity index is 977. The lowest BCUT2D eigenvalue weighted by Crippen LogP contribution is -2.35. The van der Waals surface area contributed by atoms with Crippen LogP contribution in [0.25, 0.3) is 0 Å². The molecule has 3 aliphatic rings. The van der Waals surface area contributed by atoms with Crippen molar-refractivity contribution < 1.29 is 19.1 Å². The molecule has 3 heterocycles. The van der Waals surface area contributed by atoms with Crippen LogP contribution in [0.4, 0.5) is 11.4 Å². The van der Waals surface area contributed by atoms with Gasteiger partial charge in [-0.15, -0.1) is 0 Å². The molecule has 1 N–H and O–H groups in total. The van der Waals surface area contributed by atoms with Crippen LogP contribution in [0, 0.1) is 5.92 Å². The fourth-order valence-corrected chi connectivity index (χ4v) is 4.45. The SMILES string of the molecule is O=C(NCCCN1CCc2ccccc21)C1CC(=O)N(c2ccc3c(c2)OCO3)C1. The number of amides is 2. The number of para-hydroxylation sites is 1. The molecule has 7 heteroatoms. The van der Waals surface area contributed by atoms with E-state index in [4.69, 9.17) is 9.47 Å². The molecule has 1 fully saturated rings. The molecule has 0 saturated carbocycles. The van der Waals surface area contributed by atoms with E-state index in [1.807, 2.05) is 6.07 Å². The highest BCUT2D eigenvalue weighted by atomic mass is 16.7. The number of anilines is 2. The molecule has 0 aliphatic carbocycles. The van der Waals surface area contributed by atoms with Crippen molar-refractivity contribution in [3.63, 3.8) is 0 Å². The number of ether oxygens (including phenoxy) is 2. The minimum Gasteiger partial charge on any atom is -0.454 e. The number of benzene rings is 2. The molecular formula is C23H25N3O4. The number of hydrogen-bond acceptors (Lipinski definition) is 5. The second kappa shape index (κ2) is 7.89. The Hall–Kier alpha value is -3.22. The fraction of sp³-hybridized carbons (Fsp3) is 0.391. The van der Waals surface area contributed by atoms with Gasteiger partial charge < -0.3 is 24.6 Å². The molecule has 3 aliphatic heterocycles. The summed E-state index contributed by atoms with van der Waals surface area (Å²) in [7, 11) is 0. The summed E-state index contributed by atoms with van der Waals surface area (Å²) in [6.45, 7) is 3.16. The Kier molecular flexibility index (Phi) is 4.94. The zero-order valence-corrected chi connectivity index (χ0v) is 16.8. The van der Waals surface area contributed by atoms with E-state index < -0.39 is 0 Å². The molecule has 2 aromatic rings. The maximum absolute atomic E-state index is 12.6. The Balaban J connectivity index is 1.11. The maximum atomic E-state index is 12.6. The van der Waals surface area contributed by atoms with Crippen molar-refractivity contribution >= 4 is 23.2 Å². The zero-order chi connectivity index (χ0) is 20.5. The zero-order valence-electron chi connectivity index (χ0n) is 16.8. The van der Waals surface area contributed by atoms with E-state index in [9.17, 15) is 9.59 Å². The summed E-state index contributed by atoms with van der Waals surface area (Å²) in [4.78, 5) is 29.1. The Labute approximate surface area is 175 Å². The smallest absolute Gasteiger partial charge is 0.231 e. The van der Waals surface area contributed by atoms with Crippen molar-refractivity contribution in [1.29, 1.82) is 0 Å². The molecule has 0 aromatic heterocycles. The van der Waals surface area contributed by atoms with E-state index in [0.717, 1.165) is 31.6 Å². The van der Waals surface area contributed by atoms with Crippen molar-refractivity contribution in [3.05, 3.63) is 48.0 Å². The molecule has 7 nitrogen and oxygen atoms in total. The fourth-order valence-electron chi connectivity index (χ4n) is 4.45. The van der Waals surface area contributed by atoms with Gasteiger partial charge in [0, 0.05) is 50.0 Å². The van der Waals surface area contributed by atoms with Gasteiger partial charge in [-0.2, -0.15) is 0 Å². The second-order valence-electron chi connectivity index (χ2n) is 7.95. The van der Waals surface area contributed by atoms with Gasteiger partial charge in [0.05, 0.1) is 5.92 Å². The summed E-state index contributed by atoms with van der Waals surface area (Å²) in [6, 6.07) is 13.9. The van der Waals surface area contributed by atoms with E-state index in [1.165, 1.54) is 11.3 Å². The summed E-state index contributed by atoms with van der Waals surface area (Å²) in [5.74, 6) is 0.906. The van der Waals surface area contributed by atoms with E-state index in [2.05, 4.69) is 34.5 Å². The highest BCUT2D eigenvalue weighted by Gasteiger charge is 2.35. The first-order chi connectivity index (χ1) is 14.7. The van der Waals surface area contributed by atoms with Crippen molar-refractivity contribution in [2.45, 2.75) is 19.3 Å². The van der Waals surface area contributed by atoms with Crippen LogP contribution in [0.2, 0.25) is 0 Å². The Morgan fingerprint density at radius 1 is 1.13 bits per heavy atom. The molecule has 0 spiro atoms. The van der Waals surface area contributed by atoms with Gasteiger partial charge in [0.1, 0.15) is 0 Å². The number of nitrogens with one attached hydrogen (secondary N) is 1. The third-order valence-corrected chi connectivity index (χ3v) is 6.05. The van der Waals surface area contributed by atoms with Crippen LogP contribution < -0.4 is 24.6 Å². The maximum Gasteiger partial charge on any atom is 0.231 e. The van der Waals surface area contributed by atoms with Gasteiger partial charge in [0.2, 0.25) is 18.6 Å². The topological polar surface area (TPSA) is 71.1 Å². The van der Waals surface area contributed by atoms with Crippen molar-refractivity contribution in [1.82, 2.24) is 5.32 Å². The van der Waals surface area contributed by atoms with Gasteiger partial charge >= 0.3 is 0 Å². The van der Waals surface area contributed by atoms with Crippen LogP contribution in [0.5, 0.6) is 11.5 Å². The lowest BCUT2D eigenvalue weighted by Gasteiger charge is -2.20. The molecule has 0 radical (unpaired) electrons. The molecule has 5 rings (SSSR count). The van der Waals surface area contributed by atoms with Crippen LogP contribution in [0.1, 0.15) is 18.4 Å². The second-order valence-corrected chi connectivity index (χ2v) is 7.95. The van der Waals surface area contributed by atoms with Crippen LogP contribution >= 0.6 is 0 Å². The van der Waals surface area contributed by atoms with E-state index in [-0.39, 0.29) is 30.9 Å². The Morgan fingerprint density at radius 3 is 2.93 bits per heavy atom. The highest BCUT2D eigenvalue weighted by Crippen LogP contribution is 2.37. The molecule has 1 atom stereocenters. The normalized spacial score (nSPS) is 19.3. The molecular weight excluding hydrogens is 382 g/mol. The summed E-state index contributed by atoms with van der Waals surface area (Å²) in [5, 5.41) is 3.02. The molecule has 30 heavy (non-hydrogen) atoms. The van der Waals surface area contributed by atoms with Crippen molar-refractivity contribution in [2.24, 2.45) is 5.92 Å². The average molecular weight is 407 g/mol. The molecule has 0 bridgehead atoms. The van der Waals surface area contributed by atoms with Gasteiger partial charge in [-0.3, -0.25) is 9.59 Å². The average Bonchev–Trinajstić information content (AvgIpc) is 3.48. The number of carbonyl (C=O) groups excluding carboxylic acids is 2. The first-order valence-electron chi connectivity index (χ1n) is 10.5. The summed E-state index contributed by atoms with van der Waals surface area (Å²) in [6.07, 6.45) is 2.20. The third-order valence-electron chi connectivity index (χ3n) is 6.05. The quantitative estimate of drug-likeness (QED) is 0.745. The minimum atomic E-state index is -0.324. The number of fused-ring (bicyclic) bond motifs is 2. The van der Waals surface area contributed by atoms with Gasteiger partial charge in [0.25, 0.3) is 0 Å². The van der Waals surface area contributed by atoms with Crippen molar-refractivity contribution in [3.8, 4) is 11.5 Å². The Morgan fingerprint density at radius 2 is 2.00 bits per heavy atom. The van der Waals surface area contributed by atoms with Gasteiger partial charge in [-0.1, -0.05) is 18.2 Å². The summed E-state index contributed by atoms with van der Waals surface area (Å²) < 4.78 is 10.7. The molecule has 1 saturated heterocycles. The summed E-state index contributed by atoms with van der Waals surface area (Å²) >= 11 is 0. The van der Waals surface area contributed by atoms with Crippen molar-refractivity contribution in [2.75, 3.05) is 42.8 Å². The monoisotopic (exact) mass is 407 g/mol. The predicted octanol–water partition coefficient (Wildman–Crippen LogP) is 2.34. The number of nitrogens with zero attached hydrogens (tertiary/aromatic N) is 2. The molecule has 2 aromatic carbocycles. The predicted molar refractivity (Wildman–Crippen MR) is 113 cm³/mol. The van der Waals surface area contributed by atoms with Gasteiger partial charge in [-0.25, -0.2) is 0 Å². The van der Waals surface area contributed by atoms with Crippen LogP contribution in [0.3, 0.4) is 0 Å². The number of rotatable bonds is 6. The van der Waals surface area contributed by atoms with E-state index >= 15 is 0 Å². The van der Waals surface area contributed by atoms with Gasteiger partial charge in [-0.05, 0) is 36.6 Å². The van der Waals surface area contributed by atoms with Crippen LogP contribution in [0.15, 0.2) is 42.5 Å². The van der Waals surface area contributed by atoms with Crippen LogP contribution in [-0.2, 0) is 16.0 Å². The number of hydrogen-bond donors (Lipinski definition) is 1. The summed E-state index contributed by atoms with van der Waals surface area (Å²) in [5.41, 5.74) is 3.45. The van der Waals surface area contributed by atoms with Gasteiger partial charge in [0.15, 0.2) is 11.5 Å². The first-order valence-corrected chi connectivity index (χ1v) is 10.5. The van der Waals surface area contributed by atoms with E-state index in [0.29, 0.717) is 24.6 Å². The lowest BCUT2D eigenvalue weighted by molar-refractivity contribution is -0.126. The van der Waals surface area contributed by atoms with Crippen LogP contribution in [-0.4, -0.2) is 44.8 Å². The third kappa shape index (κ3) is 3.56. The number of carbonyl (C=O) groups is 2. The molecule has 2 amide bonds. The lowest BCUT2D eigenvalue weighted by atomic mass is 10.1. The largest absolute Gasteiger partial charge is 0.454 e. The molecule has 156 valence electrons. The molecule has 1 unspecified atom stereocenters. The minimum absolute atomic E-state index is 0.0392. The standard InChI is InChI=1S/C23H25N3O4/c27-22-12-17(14-26(22)18-6-7-20-21(13-18)30-15-29-20)23(28)24-9-3-10-25-11-8-16-4-1-2-5-19(16)25/h1-2,4-7,13,17H,3,8-12,14-15H2,(H,24,28). The first kappa shape index (κ1) is 18.8.